The highest BCUT2D eigenvalue weighted by Gasteiger charge is 2.31. The summed E-state index contributed by atoms with van der Waals surface area (Å²) >= 11 is 5.79. The Kier molecular flexibility index (Phi) is 3.13. The summed E-state index contributed by atoms with van der Waals surface area (Å²) in [6, 6.07) is 5.22. The second kappa shape index (κ2) is 4.26. The van der Waals surface area contributed by atoms with Gasteiger partial charge >= 0.3 is 0 Å². The first kappa shape index (κ1) is 11.7. The van der Waals surface area contributed by atoms with Crippen LogP contribution in [0.1, 0.15) is 18.4 Å². The fourth-order valence-electron chi connectivity index (χ4n) is 2.08. The van der Waals surface area contributed by atoms with E-state index in [1.807, 2.05) is 6.07 Å². The minimum absolute atomic E-state index is 0.268. The molecule has 1 fully saturated rings. The van der Waals surface area contributed by atoms with E-state index in [0.717, 1.165) is 18.4 Å². The molecule has 3 nitrogen and oxygen atoms in total. The highest BCUT2D eigenvalue weighted by Crippen LogP contribution is 2.27. The van der Waals surface area contributed by atoms with E-state index in [2.05, 4.69) is 0 Å². The van der Waals surface area contributed by atoms with Crippen LogP contribution < -0.4 is 5.73 Å². The lowest BCUT2D eigenvalue weighted by molar-refractivity contribution is 0.588. The van der Waals surface area contributed by atoms with Crippen molar-refractivity contribution in [1.29, 1.82) is 0 Å². The monoisotopic (exact) mass is 259 g/mol. The lowest BCUT2D eigenvalue weighted by atomic mass is 10.1. The first-order valence-electron chi connectivity index (χ1n) is 5.24. The number of anilines is 1. The molecule has 1 aromatic carbocycles. The van der Waals surface area contributed by atoms with Gasteiger partial charge in [-0.1, -0.05) is 17.7 Å². The lowest BCUT2D eigenvalue weighted by Crippen LogP contribution is -2.19. The maximum atomic E-state index is 11.7. The summed E-state index contributed by atoms with van der Waals surface area (Å²) in [7, 11) is -2.90. The van der Waals surface area contributed by atoms with Crippen LogP contribution in [0.15, 0.2) is 18.2 Å². The van der Waals surface area contributed by atoms with Crippen molar-refractivity contribution in [2.24, 2.45) is 0 Å². The normalized spacial score (nSPS) is 23.4. The first-order chi connectivity index (χ1) is 7.49. The molecule has 2 rings (SSSR count). The van der Waals surface area contributed by atoms with Crippen LogP contribution in [0.25, 0.3) is 0 Å². The van der Waals surface area contributed by atoms with Crippen LogP contribution >= 0.6 is 11.6 Å². The molecule has 5 heteroatoms. The summed E-state index contributed by atoms with van der Waals surface area (Å²) in [6.45, 7) is 0. The van der Waals surface area contributed by atoms with Crippen LogP contribution in [0.3, 0.4) is 0 Å². The summed E-state index contributed by atoms with van der Waals surface area (Å²) in [5.74, 6) is 0.311. The quantitative estimate of drug-likeness (QED) is 0.827. The zero-order chi connectivity index (χ0) is 11.8. The molecule has 1 atom stereocenters. The minimum atomic E-state index is -2.90. The van der Waals surface area contributed by atoms with E-state index in [4.69, 9.17) is 17.3 Å². The van der Waals surface area contributed by atoms with Crippen molar-refractivity contribution in [2.45, 2.75) is 24.5 Å². The third kappa shape index (κ3) is 2.33. The van der Waals surface area contributed by atoms with Gasteiger partial charge in [-0.15, -0.1) is 0 Å². The molecule has 1 heterocycles. The average molecular weight is 260 g/mol. The van der Waals surface area contributed by atoms with E-state index < -0.39 is 9.84 Å². The van der Waals surface area contributed by atoms with Gasteiger partial charge in [0.15, 0.2) is 9.84 Å². The van der Waals surface area contributed by atoms with Gasteiger partial charge in [0.05, 0.1) is 11.0 Å². The third-order valence-electron chi connectivity index (χ3n) is 3.02. The highest BCUT2D eigenvalue weighted by molar-refractivity contribution is 7.92. The molecule has 1 aliphatic rings. The molecule has 0 saturated carbocycles. The van der Waals surface area contributed by atoms with E-state index in [0.29, 0.717) is 22.9 Å². The second-order valence-corrected chi connectivity index (χ2v) is 7.02. The number of hydrogen-bond acceptors (Lipinski definition) is 3. The molecular weight excluding hydrogens is 246 g/mol. The van der Waals surface area contributed by atoms with E-state index in [9.17, 15) is 8.42 Å². The summed E-state index contributed by atoms with van der Waals surface area (Å²) in [5, 5.41) is 0.312. The van der Waals surface area contributed by atoms with E-state index in [1.54, 1.807) is 12.1 Å². The molecule has 0 aliphatic carbocycles. The van der Waals surface area contributed by atoms with Gasteiger partial charge in [-0.25, -0.2) is 8.42 Å². The average Bonchev–Trinajstić information content (AvgIpc) is 2.50. The standard InChI is InChI=1S/C11H14ClNO2S/c12-9-4-3-8(11(13)7-9)6-10-2-1-5-16(10,14)15/h3-4,7,10H,1-2,5-6,13H2. The SMILES string of the molecule is Nc1cc(Cl)ccc1CC1CCCS1(=O)=O. The van der Waals surface area contributed by atoms with Crippen molar-refractivity contribution in [3.05, 3.63) is 28.8 Å². The Bertz CT molecular complexity index is 499. The van der Waals surface area contributed by atoms with E-state index >= 15 is 0 Å². The van der Waals surface area contributed by atoms with Gasteiger partial charge in [-0.05, 0) is 37.0 Å². The minimum Gasteiger partial charge on any atom is -0.398 e. The smallest absolute Gasteiger partial charge is 0.153 e. The van der Waals surface area contributed by atoms with E-state index in [-0.39, 0.29) is 5.25 Å². The molecule has 0 aromatic heterocycles. The predicted octanol–water partition coefficient (Wildman–Crippen LogP) is 2.04. The van der Waals surface area contributed by atoms with Gasteiger partial charge in [-0.2, -0.15) is 0 Å². The zero-order valence-corrected chi connectivity index (χ0v) is 10.4. The van der Waals surface area contributed by atoms with Crippen molar-refractivity contribution in [2.75, 3.05) is 11.5 Å². The molecule has 1 aliphatic heterocycles. The number of benzene rings is 1. The number of nitrogens with two attached hydrogens (primary N) is 1. The van der Waals surface area contributed by atoms with Crippen LogP contribution in [0.2, 0.25) is 5.02 Å². The Morgan fingerprint density at radius 2 is 2.19 bits per heavy atom. The van der Waals surface area contributed by atoms with Gasteiger partial charge in [0.25, 0.3) is 0 Å². The Hall–Kier alpha value is -0.740. The topological polar surface area (TPSA) is 60.2 Å². The van der Waals surface area contributed by atoms with Crippen molar-refractivity contribution in [1.82, 2.24) is 0 Å². The van der Waals surface area contributed by atoms with Crippen molar-refractivity contribution in [3.63, 3.8) is 0 Å². The Morgan fingerprint density at radius 3 is 2.75 bits per heavy atom. The fourth-order valence-corrected chi connectivity index (χ4v) is 4.13. The summed E-state index contributed by atoms with van der Waals surface area (Å²) in [5.41, 5.74) is 7.26. The molecule has 88 valence electrons. The van der Waals surface area contributed by atoms with Crippen LogP contribution in [0.4, 0.5) is 5.69 Å². The van der Waals surface area contributed by atoms with Crippen LogP contribution in [0, 0.1) is 0 Å². The van der Waals surface area contributed by atoms with Crippen molar-refractivity contribution < 1.29 is 8.42 Å². The molecular formula is C11H14ClNO2S. The van der Waals surface area contributed by atoms with E-state index in [1.165, 1.54) is 0 Å². The number of sulfone groups is 1. The number of nitrogen functional groups attached to an aromatic ring is 1. The van der Waals surface area contributed by atoms with Crippen molar-refractivity contribution >= 4 is 27.1 Å². The van der Waals surface area contributed by atoms with Gasteiger partial charge < -0.3 is 5.73 Å². The van der Waals surface area contributed by atoms with Crippen LogP contribution in [-0.2, 0) is 16.3 Å². The molecule has 2 N–H and O–H groups in total. The zero-order valence-electron chi connectivity index (χ0n) is 8.82. The fraction of sp³-hybridized carbons (Fsp3) is 0.455. The number of hydrogen-bond donors (Lipinski definition) is 1. The molecule has 0 bridgehead atoms. The van der Waals surface area contributed by atoms with Gasteiger partial charge in [0.2, 0.25) is 0 Å². The molecule has 0 radical (unpaired) electrons. The van der Waals surface area contributed by atoms with Gasteiger partial charge in [0.1, 0.15) is 0 Å². The van der Waals surface area contributed by atoms with Crippen molar-refractivity contribution in [3.8, 4) is 0 Å². The Labute approximate surface area is 101 Å². The first-order valence-corrected chi connectivity index (χ1v) is 7.34. The molecule has 1 aromatic rings. The maximum absolute atomic E-state index is 11.7. The molecule has 1 unspecified atom stereocenters. The molecule has 0 amide bonds. The molecule has 0 spiro atoms. The third-order valence-corrected chi connectivity index (χ3v) is 5.53. The highest BCUT2D eigenvalue weighted by atomic mass is 35.5. The summed E-state index contributed by atoms with van der Waals surface area (Å²) in [6.07, 6.45) is 2.01. The van der Waals surface area contributed by atoms with Gasteiger partial charge in [0, 0.05) is 10.7 Å². The van der Waals surface area contributed by atoms with Crippen LogP contribution in [-0.4, -0.2) is 19.4 Å². The van der Waals surface area contributed by atoms with Gasteiger partial charge in [-0.3, -0.25) is 0 Å². The summed E-state index contributed by atoms with van der Waals surface area (Å²) in [4.78, 5) is 0. The predicted molar refractivity (Wildman–Crippen MR) is 66.4 cm³/mol. The Morgan fingerprint density at radius 1 is 1.44 bits per heavy atom. The largest absolute Gasteiger partial charge is 0.398 e. The number of halogens is 1. The number of rotatable bonds is 2. The second-order valence-electron chi connectivity index (χ2n) is 4.18. The Balaban J connectivity index is 2.21. The van der Waals surface area contributed by atoms with Crippen LogP contribution in [0.5, 0.6) is 0 Å². The molecule has 16 heavy (non-hydrogen) atoms. The molecule has 1 saturated heterocycles. The maximum Gasteiger partial charge on any atom is 0.153 e. The lowest BCUT2D eigenvalue weighted by Gasteiger charge is -2.11. The summed E-state index contributed by atoms with van der Waals surface area (Å²) < 4.78 is 23.4.